The average molecular weight is 350 g/mol. The van der Waals surface area contributed by atoms with Gasteiger partial charge in [-0.3, -0.25) is 20.2 Å². The highest BCUT2D eigenvalue weighted by Crippen LogP contribution is 2.30. The number of nitro benzene ring substituents is 1. The van der Waals surface area contributed by atoms with Crippen LogP contribution in [0.1, 0.15) is 16.9 Å². The SMILES string of the molecule is Cc1ccc([N+](=O)[O-])cc1-c1ccc(C=C(c2ccccc2)[N+](=O)[O-])o1. The molecule has 0 bridgehead atoms. The summed E-state index contributed by atoms with van der Waals surface area (Å²) >= 11 is 0. The summed E-state index contributed by atoms with van der Waals surface area (Å²) in [5, 5.41) is 22.3. The minimum Gasteiger partial charge on any atom is -0.456 e. The van der Waals surface area contributed by atoms with Crippen molar-refractivity contribution in [3.8, 4) is 11.3 Å². The second kappa shape index (κ2) is 7.02. The van der Waals surface area contributed by atoms with Crippen LogP contribution in [-0.2, 0) is 0 Å². The zero-order valence-corrected chi connectivity index (χ0v) is 13.8. The van der Waals surface area contributed by atoms with Gasteiger partial charge in [-0.15, -0.1) is 0 Å². The molecule has 3 rings (SSSR count). The molecule has 0 spiro atoms. The molecule has 3 aromatic rings. The van der Waals surface area contributed by atoms with E-state index in [2.05, 4.69) is 0 Å². The maximum absolute atomic E-state index is 11.4. The summed E-state index contributed by atoms with van der Waals surface area (Å²) in [5.74, 6) is 0.703. The molecule has 0 radical (unpaired) electrons. The van der Waals surface area contributed by atoms with E-state index >= 15 is 0 Å². The number of rotatable bonds is 5. The maximum Gasteiger partial charge on any atom is 0.280 e. The predicted octanol–water partition coefficient (Wildman–Crippen LogP) is 4.94. The van der Waals surface area contributed by atoms with Gasteiger partial charge in [-0.25, -0.2) is 0 Å². The van der Waals surface area contributed by atoms with Crippen LogP contribution in [0.25, 0.3) is 23.1 Å². The minimum atomic E-state index is -0.479. The van der Waals surface area contributed by atoms with Crippen molar-refractivity contribution in [3.05, 3.63) is 97.8 Å². The summed E-state index contributed by atoms with van der Waals surface area (Å²) in [6, 6.07) is 16.2. The number of aryl methyl sites for hydroxylation is 1. The van der Waals surface area contributed by atoms with Gasteiger partial charge in [0, 0.05) is 17.7 Å². The first kappa shape index (κ1) is 17.1. The molecule has 0 atom stereocenters. The smallest absolute Gasteiger partial charge is 0.280 e. The van der Waals surface area contributed by atoms with Crippen LogP contribution >= 0.6 is 0 Å². The van der Waals surface area contributed by atoms with Gasteiger partial charge >= 0.3 is 0 Å². The summed E-state index contributed by atoms with van der Waals surface area (Å²) in [7, 11) is 0. The Labute approximate surface area is 148 Å². The molecule has 1 aromatic heterocycles. The van der Waals surface area contributed by atoms with Crippen molar-refractivity contribution in [3.63, 3.8) is 0 Å². The van der Waals surface area contributed by atoms with Gasteiger partial charge in [0.25, 0.3) is 11.4 Å². The minimum absolute atomic E-state index is 0.0469. The van der Waals surface area contributed by atoms with Gasteiger partial charge in [-0.05, 0) is 36.8 Å². The summed E-state index contributed by atoms with van der Waals surface area (Å²) in [6.07, 6.45) is 1.34. The standard InChI is InChI=1S/C19H14N2O5/c1-13-7-8-15(20(22)23)11-17(13)19-10-9-16(26-19)12-18(21(24)25)14-5-3-2-4-6-14/h2-12H,1H3. The Kier molecular flexibility index (Phi) is 4.62. The molecule has 7 nitrogen and oxygen atoms in total. The Balaban J connectivity index is 2.01. The molecule has 0 fully saturated rings. The molecule has 0 saturated heterocycles. The van der Waals surface area contributed by atoms with Crippen LogP contribution in [0.3, 0.4) is 0 Å². The lowest BCUT2D eigenvalue weighted by atomic mass is 10.1. The fourth-order valence-electron chi connectivity index (χ4n) is 2.55. The van der Waals surface area contributed by atoms with Crippen molar-refractivity contribution in [1.29, 1.82) is 0 Å². The molecule has 0 unspecified atom stereocenters. The van der Waals surface area contributed by atoms with Crippen molar-refractivity contribution in [1.82, 2.24) is 0 Å². The van der Waals surface area contributed by atoms with Gasteiger partial charge in [0.2, 0.25) is 0 Å². The van der Waals surface area contributed by atoms with Crippen LogP contribution in [0.4, 0.5) is 5.69 Å². The van der Waals surface area contributed by atoms with E-state index in [0.29, 0.717) is 22.6 Å². The van der Waals surface area contributed by atoms with Crippen molar-refractivity contribution >= 4 is 17.5 Å². The monoisotopic (exact) mass is 350 g/mol. The lowest BCUT2D eigenvalue weighted by Gasteiger charge is -2.02. The van der Waals surface area contributed by atoms with E-state index in [1.165, 1.54) is 18.2 Å². The van der Waals surface area contributed by atoms with Crippen LogP contribution in [0.2, 0.25) is 0 Å². The highest BCUT2D eigenvalue weighted by Gasteiger charge is 2.17. The molecule has 130 valence electrons. The molecule has 0 amide bonds. The van der Waals surface area contributed by atoms with Gasteiger partial charge in [0.05, 0.1) is 21.5 Å². The second-order valence-electron chi connectivity index (χ2n) is 5.61. The first-order valence-corrected chi connectivity index (χ1v) is 7.72. The topological polar surface area (TPSA) is 99.4 Å². The molecule has 26 heavy (non-hydrogen) atoms. The molecule has 0 aliphatic carbocycles. The van der Waals surface area contributed by atoms with Gasteiger partial charge in [-0.2, -0.15) is 0 Å². The molecule has 0 aliphatic heterocycles. The number of nitro groups is 2. The van der Waals surface area contributed by atoms with Crippen molar-refractivity contribution in [2.24, 2.45) is 0 Å². The number of hydrogen-bond donors (Lipinski definition) is 0. The quantitative estimate of drug-likeness (QED) is 0.479. The van der Waals surface area contributed by atoms with E-state index in [4.69, 9.17) is 4.42 Å². The predicted molar refractivity (Wildman–Crippen MR) is 96.8 cm³/mol. The highest BCUT2D eigenvalue weighted by molar-refractivity contribution is 5.76. The number of benzene rings is 2. The third-order valence-corrected chi connectivity index (χ3v) is 3.87. The third kappa shape index (κ3) is 3.51. The molecule has 0 aliphatic rings. The molecule has 0 N–H and O–H groups in total. The van der Waals surface area contributed by atoms with E-state index in [1.54, 1.807) is 48.5 Å². The molecular weight excluding hydrogens is 336 g/mol. The Morgan fingerprint density at radius 3 is 2.38 bits per heavy atom. The number of nitrogens with zero attached hydrogens (tertiary/aromatic N) is 2. The first-order valence-electron chi connectivity index (χ1n) is 7.72. The summed E-state index contributed by atoms with van der Waals surface area (Å²) < 4.78 is 5.68. The zero-order valence-electron chi connectivity index (χ0n) is 13.8. The van der Waals surface area contributed by atoms with Crippen LogP contribution in [-0.4, -0.2) is 9.85 Å². The molecule has 7 heteroatoms. The van der Waals surface area contributed by atoms with Crippen molar-refractivity contribution in [2.45, 2.75) is 6.92 Å². The number of hydrogen-bond acceptors (Lipinski definition) is 5. The number of furan rings is 1. The maximum atomic E-state index is 11.4. The summed E-state index contributed by atoms with van der Waals surface area (Å²) in [5.41, 5.74) is 1.69. The summed E-state index contributed by atoms with van der Waals surface area (Å²) in [4.78, 5) is 21.4. The Morgan fingerprint density at radius 1 is 1.00 bits per heavy atom. The molecule has 2 aromatic carbocycles. The Bertz CT molecular complexity index is 1010. The molecular formula is C19H14N2O5. The molecule has 0 saturated carbocycles. The molecule has 1 heterocycles. The average Bonchev–Trinajstić information content (AvgIpc) is 3.09. The highest BCUT2D eigenvalue weighted by atomic mass is 16.6. The normalized spacial score (nSPS) is 11.3. The van der Waals surface area contributed by atoms with Crippen LogP contribution in [0, 0.1) is 27.2 Å². The second-order valence-corrected chi connectivity index (χ2v) is 5.61. The van der Waals surface area contributed by atoms with Crippen LogP contribution in [0.15, 0.2) is 65.1 Å². The lowest BCUT2D eigenvalue weighted by molar-refractivity contribution is -0.384. The Morgan fingerprint density at radius 2 is 1.73 bits per heavy atom. The van der Waals surface area contributed by atoms with Gasteiger partial charge in [0.1, 0.15) is 11.5 Å². The largest absolute Gasteiger partial charge is 0.456 e. The van der Waals surface area contributed by atoms with Gasteiger partial charge < -0.3 is 4.42 Å². The van der Waals surface area contributed by atoms with E-state index in [9.17, 15) is 20.2 Å². The van der Waals surface area contributed by atoms with Crippen molar-refractivity contribution in [2.75, 3.05) is 0 Å². The summed E-state index contributed by atoms with van der Waals surface area (Å²) in [6.45, 7) is 1.81. The van der Waals surface area contributed by atoms with Crippen molar-refractivity contribution < 1.29 is 14.3 Å². The van der Waals surface area contributed by atoms with Crippen LogP contribution in [0.5, 0.6) is 0 Å². The Hall–Kier alpha value is -3.74. The van der Waals surface area contributed by atoms with Gasteiger partial charge in [-0.1, -0.05) is 24.3 Å². The number of non-ortho nitro benzene ring substituents is 1. The van der Waals surface area contributed by atoms with Gasteiger partial charge in [0.15, 0.2) is 0 Å². The van der Waals surface area contributed by atoms with E-state index in [-0.39, 0.29) is 11.4 Å². The van der Waals surface area contributed by atoms with E-state index in [0.717, 1.165) is 5.56 Å². The fraction of sp³-hybridized carbons (Fsp3) is 0.0526. The zero-order chi connectivity index (χ0) is 18.7. The lowest BCUT2D eigenvalue weighted by Crippen LogP contribution is -1.97. The van der Waals surface area contributed by atoms with E-state index in [1.807, 2.05) is 6.92 Å². The van der Waals surface area contributed by atoms with Crippen LogP contribution < -0.4 is 0 Å². The first-order chi connectivity index (χ1) is 12.5. The third-order valence-electron chi connectivity index (χ3n) is 3.87. The van der Waals surface area contributed by atoms with E-state index < -0.39 is 9.85 Å². The fourth-order valence-corrected chi connectivity index (χ4v) is 2.55.